The number of hydrogen-bond acceptors (Lipinski definition) is 7. The van der Waals surface area contributed by atoms with E-state index in [4.69, 9.17) is 0 Å². The third-order valence-electron chi connectivity index (χ3n) is 4.93. The van der Waals surface area contributed by atoms with Gasteiger partial charge in [-0.2, -0.15) is 5.10 Å². The van der Waals surface area contributed by atoms with Crippen molar-refractivity contribution in [2.75, 3.05) is 18.4 Å². The highest BCUT2D eigenvalue weighted by Gasteiger charge is 2.20. The number of β-amino-alcohol motifs (C(OH)–C–C–N with tert-alkyl or cyclic N) is 1. The summed E-state index contributed by atoms with van der Waals surface area (Å²) in [6.45, 7) is 2.49. The number of aliphatic hydroxyl groups excluding tert-OH is 1. The van der Waals surface area contributed by atoms with Crippen LogP contribution in [-0.4, -0.2) is 49.4 Å². The summed E-state index contributed by atoms with van der Waals surface area (Å²) in [5, 5.41) is 20.7. The summed E-state index contributed by atoms with van der Waals surface area (Å²) in [6, 6.07) is 10.3. The lowest BCUT2D eigenvalue weighted by Crippen LogP contribution is -2.21. The summed E-state index contributed by atoms with van der Waals surface area (Å²) in [7, 11) is 0. The fraction of sp³-hybridized carbons (Fsp3) is 0.250. The van der Waals surface area contributed by atoms with Gasteiger partial charge in [0.25, 0.3) is 0 Å². The predicted molar refractivity (Wildman–Crippen MR) is 111 cm³/mol. The van der Waals surface area contributed by atoms with Crippen molar-refractivity contribution in [1.82, 2.24) is 25.1 Å². The molecule has 4 aromatic rings. The zero-order valence-corrected chi connectivity index (χ0v) is 16.0. The molecule has 142 valence electrons. The normalized spacial score (nSPS) is 17.4. The molecule has 1 aliphatic heterocycles. The Hall–Kier alpha value is -2.81. The number of nitrogens with zero attached hydrogens (tertiary/aromatic N) is 4. The monoisotopic (exact) mass is 392 g/mol. The Kier molecular flexibility index (Phi) is 4.52. The zero-order chi connectivity index (χ0) is 18.9. The van der Waals surface area contributed by atoms with E-state index < -0.39 is 0 Å². The van der Waals surface area contributed by atoms with Crippen molar-refractivity contribution < 1.29 is 5.11 Å². The summed E-state index contributed by atoms with van der Waals surface area (Å²) >= 11 is 1.61. The van der Waals surface area contributed by atoms with Gasteiger partial charge in [-0.3, -0.25) is 10.00 Å². The van der Waals surface area contributed by atoms with Crippen LogP contribution < -0.4 is 5.32 Å². The van der Waals surface area contributed by atoms with Crippen molar-refractivity contribution in [3.8, 4) is 11.1 Å². The molecule has 0 bridgehead atoms. The highest BCUT2D eigenvalue weighted by molar-refractivity contribution is 7.22. The second-order valence-electron chi connectivity index (χ2n) is 7.04. The van der Waals surface area contributed by atoms with Crippen LogP contribution in [0.15, 0.2) is 48.9 Å². The molecule has 5 rings (SSSR count). The molecule has 0 aliphatic carbocycles. The lowest BCUT2D eigenvalue weighted by Gasteiger charge is -2.15. The van der Waals surface area contributed by atoms with Crippen LogP contribution in [0.25, 0.3) is 21.3 Å². The number of fused-ring (bicyclic) bond motifs is 1. The molecule has 1 atom stereocenters. The van der Waals surface area contributed by atoms with E-state index >= 15 is 0 Å². The first kappa shape index (κ1) is 17.3. The van der Waals surface area contributed by atoms with Crippen molar-refractivity contribution in [1.29, 1.82) is 0 Å². The number of hydrogen-bond donors (Lipinski definition) is 3. The van der Waals surface area contributed by atoms with E-state index in [1.165, 1.54) is 5.56 Å². The molecule has 1 fully saturated rings. The minimum absolute atomic E-state index is 0.200. The third kappa shape index (κ3) is 3.62. The van der Waals surface area contributed by atoms with Crippen LogP contribution in [0.3, 0.4) is 0 Å². The molecule has 4 heterocycles. The number of anilines is 2. The molecule has 0 radical (unpaired) electrons. The van der Waals surface area contributed by atoms with Gasteiger partial charge in [0.15, 0.2) is 5.13 Å². The molecule has 3 N–H and O–H groups in total. The molecule has 3 aromatic heterocycles. The van der Waals surface area contributed by atoms with E-state index in [0.717, 1.165) is 58.3 Å². The molecule has 1 aliphatic rings. The van der Waals surface area contributed by atoms with Crippen molar-refractivity contribution in [2.24, 2.45) is 0 Å². The Labute approximate surface area is 166 Å². The van der Waals surface area contributed by atoms with Crippen LogP contribution in [-0.2, 0) is 6.54 Å². The van der Waals surface area contributed by atoms with Gasteiger partial charge in [-0.1, -0.05) is 17.4 Å². The van der Waals surface area contributed by atoms with Crippen LogP contribution in [0, 0.1) is 0 Å². The maximum atomic E-state index is 9.70. The maximum absolute atomic E-state index is 9.70. The SMILES string of the molecule is OC1CCN(Cc2ccnc(Nc3nc4ccc(-c5cn[nH]c5)cc4s3)c2)C1. The predicted octanol–water partition coefficient (Wildman–Crippen LogP) is 3.39. The highest BCUT2D eigenvalue weighted by atomic mass is 32.1. The number of nitrogens with one attached hydrogen (secondary N) is 2. The number of aromatic nitrogens is 4. The standard InChI is InChI=1S/C20H20N6OS/c27-16-4-6-26(12-16)11-13-3-5-21-19(7-13)25-20-24-17-2-1-14(8-18(17)28-20)15-9-22-23-10-15/h1-3,5,7-10,16,27H,4,6,11-12H2,(H,22,23)(H,21,24,25). The number of aromatic amines is 1. The van der Waals surface area contributed by atoms with E-state index in [0.29, 0.717) is 0 Å². The van der Waals surface area contributed by atoms with Crippen molar-refractivity contribution in [3.63, 3.8) is 0 Å². The fourth-order valence-corrected chi connectivity index (χ4v) is 4.44. The molecule has 0 amide bonds. The summed E-state index contributed by atoms with van der Waals surface area (Å²) < 4.78 is 1.11. The van der Waals surface area contributed by atoms with Crippen molar-refractivity contribution in [3.05, 3.63) is 54.5 Å². The number of thiazole rings is 1. The van der Waals surface area contributed by atoms with E-state index in [1.807, 2.05) is 36.8 Å². The van der Waals surface area contributed by atoms with Gasteiger partial charge >= 0.3 is 0 Å². The van der Waals surface area contributed by atoms with Gasteiger partial charge in [0, 0.05) is 37.6 Å². The summed E-state index contributed by atoms with van der Waals surface area (Å²) in [5.41, 5.74) is 4.31. The van der Waals surface area contributed by atoms with E-state index in [2.05, 4.69) is 42.5 Å². The maximum Gasteiger partial charge on any atom is 0.189 e. The Morgan fingerprint density at radius 3 is 3.04 bits per heavy atom. The van der Waals surface area contributed by atoms with Crippen LogP contribution in [0.5, 0.6) is 0 Å². The second-order valence-corrected chi connectivity index (χ2v) is 8.07. The first-order valence-corrected chi connectivity index (χ1v) is 10.1. The van der Waals surface area contributed by atoms with Gasteiger partial charge < -0.3 is 10.4 Å². The van der Waals surface area contributed by atoms with Gasteiger partial charge in [0.1, 0.15) is 5.82 Å². The number of pyridine rings is 1. The Morgan fingerprint density at radius 1 is 1.25 bits per heavy atom. The minimum atomic E-state index is -0.200. The first-order chi connectivity index (χ1) is 13.7. The number of H-pyrrole nitrogens is 1. The van der Waals surface area contributed by atoms with Gasteiger partial charge in [-0.05, 0) is 41.8 Å². The van der Waals surface area contributed by atoms with Gasteiger partial charge in [0.05, 0.1) is 22.5 Å². The number of benzene rings is 1. The van der Waals surface area contributed by atoms with Crippen molar-refractivity contribution >= 4 is 32.5 Å². The number of aliphatic hydroxyl groups is 1. The average molecular weight is 392 g/mol. The second kappa shape index (κ2) is 7.31. The summed E-state index contributed by atoms with van der Waals surface area (Å²) in [6.07, 6.45) is 6.16. The first-order valence-electron chi connectivity index (χ1n) is 9.25. The molecule has 1 saturated heterocycles. The van der Waals surface area contributed by atoms with Gasteiger partial charge in [0.2, 0.25) is 0 Å². The summed E-state index contributed by atoms with van der Waals surface area (Å²) in [5.74, 6) is 0.784. The van der Waals surface area contributed by atoms with E-state index in [1.54, 1.807) is 11.3 Å². The topological polar surface area (TPSA) is 90.0 Å². The van der Waals surface area contributed by atoms with E-state index in [9.17, 15) is 5.11 Å². The molecule has 1 unspecified atom stereocenters. The Morgan fingerprint density at radius 2 is 2.21 bits per heavy atom. The molecule has 1 aromatic carbocycles. The van der Waals surface area contributed by atoms with Gasteiger partial charge in [-0.15, -0.1) is 0 Å². The number of likely N-dealkylation sites (tertiary alicyclic amines) is 1. The smallest absolute Gasteiger partial charge is 0.189 e. The largest absolute Gasteiger partial charge is 0.392 e. The molecular weight excluding hydrogens is 372 g/mol. The minimum Gasteiger partial charge on any atom is -0.392 e. The lowest BCUT2D eigenvalue weighted by atomic mass is 10.1. The molecule has 8 heteroatoms. The molecule has 28 heavy (non-hydrogen) atoms. The Balaban J connectivity index is 1.34. The van der Waals surface area contributed by atoms with E-state index in [-0.39, 0.29) is 6.10 Å². The van der Waals surface area contributed by atoms with Crippen LogP contribution >= 0.6 is 11.3 Å². The van der Waals surface area contributed by atoms with Crippen LogP contribution in [0.1, 0.15) is 12.0 Å². The lowest BCUT2D eigenvalue weighted by molar-refractivity contribution is 0.175. The fourth-order valence-electron chi connectivity index (χ4n) is 3.53. The molecule has 0 saturated carbocycles. The molecule has 7 nitrogen and oxygen atoms in total. The van der Waals surface area contributed by atoms with Crippen LogP contribution in [0.4, 0.5) is 10.9 Å². The Bertz CT molecular complexity index is 1090. The highest BCUT2D eigenvalue weighted by Crippen LogP contribution is 2.31. The quantitative estimate of drug-likeness (QED) is 0.482. The third-order valence-corrected chi connectivity index (χ3v) is 5.87. The van der Waals surface area contributed by atoms with Crippen molar-refractivity contribution in [2.45, 2.75) is 19.1 Å². The average Bonchev–Trinajstić information content (AvgIpc) is 3.42. The van der Waals surface area contributed by atoms with Gasteiger partial charge in [-0.25, -0.2) is 9.97 Å². The molecular formula is C20H20N6OS. The number of rotatable bonds is 5. The molecule has 0 spiro atoms. The summed E-state index contributed by atoms with van der Waals surface area (Å²) in [4.78, 5) is 11.4. The van der Waals surface area contributed by atoms with Crippen LogP contribution in [0.2, 0.25) is 0 Å². The zero-order valence-electron chi connectivity index (χ0n) is 15.2.